The van der Waals surface area contributed by atoms with Crippen LogP contribution < -0.4 is 15.0 Å². The van der Waals surface area contributed by atoms with Crippen molar-refractivity contribution in [3.63, 3.8) is 0 Å². The molecule has 1 heterocycles. The average molecular weight is 385 g/mol. The number of hydrogen-bond donors (Lipinski definition) is 0. The lowest BCUT2D eigenvalue weighted by atomic mass is 10.1. The molecule has 0 saturated carbocycles. The van der Waals surface area contributed by atoms with Crippen molar-refractivity contribution in [2.45, 2.75) is 6.54 Å². The van der Waals surface area contributed by atoms with Gasteiger partial charge < -0.3 is 9.47 Å². The van der Waals surface area contributed by atoms with E-state index in [1.54, 1.807) is 42.5 Å². The van der Waals surface area contributed by atoms with Crippen LogP contribution >= 0.6 is 11.6 Å². The van der Waals surface area contributed by atoms with E-state index in [0.717, 1.165) is 10.2 Å². The number of carbonyl (C=O) groups is 1. The molecule has 0 spiro atoms. The molecule has 0 fully saturated rings. The molecule has 0 saturated heterocycles. The molecule has 0 aliphatic heterocycles. The normalized spacial score (nSPS) is 10.5. The number of rotatable bonds is 6. The summed E-state index contributed by atoms with van der Waals surface area (Å²) in [6.45, 7) is -0.225. The van der Waals surface area contributed by atoms with Crippen LogP contribution in [-0.4, -0.2) is 29.8 Å². The molecule has 1 aromatic heterocycles. The maximum Gasteiger partial charge on any atom is 0.267 e. The maximum absolute atomic E-state index is 12.8. The lowest BCUT2D eigenvalue weighted by molar-refractivity contribution is 0.0962. The van der Waals surface area contributed by atoms with Crippen molar-refractivity contribution in [3.05, 3.63) is 75.5 Å². The Hall–Kier alpha value is -3.12. The third kappa shape index (κ3) is 4.17. The highest BCUT2D eigenvalue weighted by atomic mass is 35.5. The van der Waals surface area contributed by atoms with E-state index in [0.29, 0.717) is 27.8 Å². The first-order valence-electron chi connectivity index (χ1n) is 8.11. The van der Waals surface area contributed by atoms with Crippen LogP contribution in [0.2, 0.25) is 5.02 Å². The molecule has 7 heteroatoms. The highest BCUT2D eigenvalue weighted by Crippen LogP contribution is 2.25. The summed E-state index contributed by atoms with van der Waals surface area (Å²) in [5.41, 5.74) is 1.24. The third-order valence-corrected chi connectivity index (χ3v) is 4.22. The topological polar surface area (TPSA) is 70.4 Å². The van der Waals surface area contributed by atoms with Crippen LogP contribution in [0.25, 0.3) is 11.3 Å². The molecule has 0 bridgehead atoms. The molecule has 3 rings (SSSR count). The van der Waals surface area contributed by atoms with Gasteiger partial charge in [-0.15, -0.1) is 0 Å². The van der Waals surface area contributed by atoms with Crippen LogP contribution in [0.1, 0.15) is 10.4 Å². The zero-order valence-corrected chi connectivity index (χ0v) is 15.6. The lowest BCUT2D eigenvalue weighted by Gasteiger charge is -2.11. The largest absolute Gasteiger partial charge is 0.497 e. The van der Waals surface area contributed by atoms with Crippen molar-refractivity contribution in [2.75, 3.05) is 14.2 Å². The van der Waals surface area contributed by atoms with Crippen molar-refractivity contribution in [2.24, 2.45) is 0 Å². The second-order valence-electron chi connectivity index (χ2n) is 5.71. The predicted molar refractivity (Wildman–Crippen MR) is 103 cm³/mol. The summed E-state index contributed by atoms with van der Waals surface area (Å²) in [6, 6.07) is 15.0. The molecule has 0 aliphatic carbocycles. The van der Waals surface area contributed by atoms with Crippen molar-refractivity contribution >= 4 is 17.4 Å². The van der Waals surface area contributed by atoms with E-state index in [1.807, 2.05) is 6.07 Å². The molecule has 6 nitrogen and oxygen atoms in total. The molecular formula is C20H17ClN2O4. The second-order valence-corrected chi connectivity index (χ2v) is 6.15. The smallest absolute Gasteiger partial charge is 0.267 e. The van der Waals surface area contributed by atoms with Gasteiger partial charge in [0.05, 0.1) is 25.5 Å². The fourth-order valence-electron chi connectivity index (χ4n) is 2.62. The minimum atomic E-state index is -0.379. The van der Waals surface area contributed by atoms with Gasteiger partial charge in [0, 0.05) is 16.7 Å². The number of ether oxygens (including phenoxy) is 2. The Kier molecular flexibility index (Phi) is 5.57. The van der Waals surface area contributed by atoms with Gasteiger partial charge in [0.15, 0.2) is 5.78 Å². The van der Waals surface area contributed by atoms with Crippen molar-refractivity contribution < 1.29 is 14.3 Å². The molecule has 27 heavy (non-hydrogen) atoms. The molecule has 2 aromatic carbocycles. The summed E-state index contributed by atoms with van der Waals surface area (Å²) in [5.74, 6) is 0.607. The molecule has 3 aromatic rings. The zero-order chi connectivity index (χ0) is 19.4. The SMILES string of the molecule is COc1ccc(OC)c(C(=O)Cn2nc(-c3cccc(Cl)c3)ccc2=O)c1. The van der Waals surface area contributed by atoms with Gasteiger partial charge in [-0.3, -0.25) is 9.59 Å². The Morgan fingerprint density at radius 3 is 2.59 bits per heavy atom. The van der Waals surface area contributed by atoms with E-state index < -0.39 is 0 Å². The van der Waals surface area contributed by atoms with Gasteiger partial charge in [-0.1, -0.05) is 23.7 Å². The number of carbonyl (C=O) groups excluding carboxylic acids is 1. The molecule has 138 valence electrons. The predicted octanol–water partition coefficient (Wildman–Crippen LogP) is 3.46. The monoisotopic (exact) mass is 384 g/mol. The standard InChI is InChI=1S/C20H17ClN2O4/c1-26-15-6-8-19(27-2)16(11-15)18(24)12-23-20(25)9-7-17(22-23)13-4-3-5-14(21)10-13/h3-11H,12H2,1-2H3. The summed E-state index contributed by atoms with van der Waals surface area (Å²) < 4.78 is 11.5. The summed E-state index contributed by atoms with van der Waals surface area (Å²) in [6.07, 6.45) is 0. The van der Waals surface area contributed by atoms with E-state index in [-0.39, 0.29) is 17.9 Å². The first-order chi connectivity index (χ1) is 13.0. The number of Topliss-reactive ketones (excluding diaryl/α,β-unsaturated/α-hetero) is 1. The number of ketones is 1. The van der Waals surface area contributed by atoms with E-state index in [1.165, 1.54) is 20.3 Å². The fourth-order valence-corrected chi connectivity index (χ4v) is 2.81. The molecule has 0 atom stereocenters. The maximum atomic E-state index is 12.8. The highest BCUT2D eigenvalue weighted by Gasteiger charge is 2.16. The zero-order valence-electron chi connectivity index (χ0n) is 14.8. The summed E-state index contributed by atoms with van der Waals surface area (Å²) in [4.78, 5) is 24.9. The fraction of sp³-hybridized carbons (Fsp3) is 0.150. The van der Waals surface area contributed by atoms with Crippen LogP contribution in [-0.2, 0) is 6.54 Å². The lowest BCUT2D eigenvalue weighted by Crippen LogP contribution is -2.26. The third-order valence-electron chi connectivity index (χ3n) is 3.99. The number of methoxy groups -OCH3 is 2. The van der Waals surface area contributed by atoms with Gasteiger partial charge in [0.2, 0.25) is 0 Å². The number of benzene rings is 2. The summed E-state index contributed by atoms with van der Waals surface area (Å²) in [5, 5.41) is 4.86. The number of nitrogens with zero attached hydrogens (tertiary/aromatic N) is 2. The van der Waals surface area contributed by atoms with Crippen LogP contribution in [0.3, 0.4) is 0 Å². The van der Waals surface area contributed by atoms with Crippen LogP contribution in [0.4, 0.5) is 0 Å². The van der Waals surface area contributed by atoms with Gasteiger partial charge >= 0.3 is 0 Å². The van der Waals surface area contributed by atoms with Crippen LogP contribution in [0, 0.1) is 0 Å². The number of aromatic nitrogens is 2. The minimum absolute atomic E-state index is 0.225. The Morgan fingerprint density at radius 2 is 1.89 bits per heavy atom. The Morgan fingerprint density at radius 1 is 1.07 bits per heavy atom. The Bertz CT molecular complexity index is 1050. The molecule has 0 aliphatic rings. The van der Waals surface area contributed by atoms with Gasteiger partial charge in [-0.25, -0.2) is 4.68 Å². The van der Waals surface area contributed by atoms with Crippen LogP contribution in [0.5, 0.6) is 11.5 Å². The minimum Gasteiger partial charge on any atom is -0.497 e. The van der Waals surface area contributed by atoms with Gasteiger partial charge in [0.25, 0.3) is 5.56 Å². The van der Waals surface area contributed by atoms with Crippen molar-refractivity contribution in [3.8, 4) is 22.8 Å². The Labute approximate surface area is 160 Å². The van der Waals surface area contributed by atoms with Crippen LogP contribution in [0.15, 0.2) is 59.4 Å². The first-order valence-corrected chi connectivity index (χ1v) is 8.49. The number of halogens is 1. The number of hydrogen-bond acceptors (Lipinski definition) is 5. The quantitative estimate of drug-likeness (QED) is 0.609. The van der Waals surface area contributed by atoms with Gasteiger partial charge in [0.1, 0.15) is 18.0 Å². The van der Waals surface area contributed by atoms with E-state index >= 15 is 0 Å². The van der Waals surface area contributed by atoms with Gasteiger partial charge in [-0.05, 0) is 36.4 Å². The van der Waals surface area contributed by atoms with Gasteiger partial charge in [-0.2, -0.15) is 5.10 Å². The average Bonchev–Trinajstić information content (AvgIpc) is 2.69. The van der Waals surface area contributed by atoms with E-state index in [2.05, 4.69) is 5.10 Å². The van der Waals surface area contributed by atoms with E-state index in [9.17, 15) is 9.59 Å². The summed E-state index contributed by atoms with van der Waals surface area (Å²) in [7, 11) is 2.99. The van der Waals surface area contributed by atoms with Crippen molar-refractivity contribution in [1.29, 1.82) is 0 Å². The molecule has 0 amide bonds. The van der Waals surface area contributed by atoms with E-state index in [4.69, 9.17) is 21.1 Å². The highest BCUT2D eigenvalue weighted by molar-refractivity contribution is 6.30. The molecule has 0 N–H and O–H groups in total. The molecular weight excluding hydrogens is 368 g/mol. The second kappa shape index (κ2) is 8.05. The first kappa shape index (κ1) is 18.7. The summed E-state index contributed by atoms with van der Waals surface area (Å²) >= 11 is 6.02. The van der Waals surface area contributed by atoms with Crippen molar-refractivity contribution in [1.82, 2.24) is 9.78 Å². The molecule has 0 unspecified atom stereocenters. The molecule has 0 radical (unpaired) electrons. The Balaban J connectivity index is 1.95.